The monoisotopic (exact) mass is 296 g/mol. The number of Topliss-reactive ketones (excluding diaryl/α,β-unsaturated/α-hetero) is 1. The van der Waals surface area contributed by atoms with E-state index in [2.05, 4.69) is 6.58 Å². The predicted octanol–water partition coefficient (Wildman–Crippen LogP) is 1.55. The van der Waals surface area contributed by atoms with E-state index in [9.17, 15) is 14.4 Å². The van der Waals surface area contributed by atoms with Gasteiger partial charge in [-0.3, -0.25) is 9.59 Å². The quantitative estimate of drug-likeness (QED) is 0.435. The molecule has 21 heavy (non-hydrogen) atoms. The molecule has 0 radical (unpaired) electrons. The first kappa shape index (κ1) is 16.9. The SMILES string of the molecule is C=C1COC(C)=C(C(=O)OCC)C1(C(C)=O)C(=O)OCC. The Hall–Kier alpha value is -2.11. The van der Waals surface area contributed by atoms with E-state index in [0.29, 0.717) is 0 Å². The molecular formula is C15H20O6. The maximum atomic E-state index is 12.4. The Bertz CT molecular complexity index is 516. The number of ketones is 1. The Balaban J connectivity index is 3.56. The number of allylic oxidation sites excluding steroid dienone is 1. The van der Waals surface area contributed by atoms with Crippen LogP contribution in [-0.2, 0) is 28.6 Å². The van der Waals surface area contributed by atoms with Crippen molar-refractivity contribution >= 4 is 17.7 Å². The highest BCUT2D eigenvalue weighted by molar-refractivity contribution is 6.16. The van der Waals surface area contributed by atoms with Gasteiger partial charge >= 0.3 is 11.9 Å². The van der Waals surface area contributed by atoms with Gasteiger partial charge in [0.2, 0.25) is 0 Å². The van der Waals surface area contributed by atoms with E-state index in [1.165, 1.54) is 13.8 Å². The summed E-state index contributed by atoms with van der Waals surface area (Å²) in [5, 5.41) is 0. The van der Waals surface area contributed by atoms with Crippen molar-refractivity contribution in [1.29, 1.82) is 0 Å². The molecule has 1 rings (SSSR count). The first-order valence-corrected chi connectivity index (χ1v) is 6.71. The number of hydrogen-bond acceptors (Lipinski definition) is 6. The standard InChI is InChI=1S/C15H20O6/c1-6-19-13(17)12-10(4)21-8-9(3)15(12,11(5)16)14(18)20-7-2/h3,6-8H2,1-2,4-5H3. The summed E-state index contributed by atoms with van der Waals surface area (Å²) in [6.45, 7) is 9.87. The number of ether oxygens (including phenoxy) is 3. The summed E-state index contributed by atoms with van der Waals surface area (Å²) in [5.41, 5.74) is -1.83. The Morgan fingerprint density at radius 2 is 1.81 bits per heavy atom. The molecule has 0 spiro atoms. The highest BCUT2D eigenvalue weighted by Crippen LogP contribution is 2.43. The minimum absolute atomic E-state index is 0.0346. The van der Waals surface area contributed by atoms with Crippen LogP contribution < -0.4 is 0 Å². The molecule has 0 aliphatic carbocycles. The molecule has 0 N–H and O–H groups in total. The van der Waals surface area contributed by atoms with Crippen LogP contribution in [0.4, 0.5) is 0 Å². The highest BCUT2D eigenvalue weighted by atomic mass is 16.5. The van der Waals surface area contributed by atoms with E-state index in [-0.39, 0.29) is 36.7 Å². The third kappa shape index (κ3) is 2.70. The number of carbonyl (C=O) groups is 3. The molecule has 0 aromatic carbocycles. The zero-order valence-corrected chi connectivity index (χ0v) is 12.8. The number of hydrogen-bond donors (Lipinski definition) is 0. The number of carbonyl (C=O) groups excluding carboxylic acids is 3. The summed E-state index contributed by atoms with van der Waals surface area (Å²) < 4.78 is 15.3. The van der Waals surface area contributed by atoms with E-state index >= 15 is 0 Å². The van der Waals surface area contributed by atoms with Crippen LogP contribution in [0.1, 0.15) is 27.7 Å². The summed E-state index contributed by atoms with van der Waals surface area (Å²) in [5.74, 6) is -1.98. The van der Waals surface area contributed by atoms with Crippen LogP contribution in [0.15, 0.2) is 23.5 Å². The molecule has 6 heteroatoms. The minimum atomic E-state index is -1.86. The Morgan fingerprint density at radius 1 is 1.24 bits per heavy atom. The average Bonchev–Trinajstić information content (AvgIpc) is 2.40. The molecule has 1 unspecified atom stereocenters. The summed E-state index contributed by atoms with van der Waals surface area (Å²) >= 11 is 0. The van der Waals surface area contributed by atoms with Crippen molar-refractivity contribution in [1.82, 2.24) is 0 Å². The molecule has 0 aromatic rings. The Kier molecular flexibility index (Phi) is 5.29. The fraction of sp³-hybridized carbons (Fsp3) is 0.533. The summed E-state index contributed by atoms with van der Waals surface area (Å²) in [7, 11) is 0. The molecule has 0 fully saturated rings. The molecule has 0 bridgehead atoms. The van der Waals surface area contributed by atoms with E-state index in [1.54, 1.807) is 13.8 Å². The van der Waals surface area contributed by atoms with Crippen LogP contribution in [0.3, 0.4) is 0 Å². The first-order valence-electron chi connectivity index (χ1n) is 6.71. The van der Waals surface area contributed by atoms with Gasteiger partial charge in [-0.2, -0.15) is 0 Å². The minimum Gasteiger partial charge on any atom is -0.493 e. The van der Waals surface area contributed by atoms with Gasteiger partial charge in [0.15, 0.2) is 11.2 Å². The molecule has 1 atom stereocenters. The maximum absolute atomic E-state index is 12.4. The average molecular weight is 296 g/mol. The van der Waals surface area contributed by atoms with Crippen LogP contribution in [0, 0.1) is 5.41 Å². The van der Waals surface area contributed by atoms with Crippen molar-refractivity contribution < 1.29 is 28.6 Å². The molecule has 0 saturated heterocycles. The second-order valence-corrected chi connectivity index (χ2v) is 4.57. The Morgan fingerprint density at radius 3 is 2.29 bits per heavy atom. The van der Waals surface area contributed by atoms with Gasteiger partial charge in [-0.1, -0.05) is 6.58 Å². The van der Waals surface area contributed by atoms with E-state index in [0.717, 1.165) is 0 Å². The van der Waals surface area contributed by atoms with Gasteiger partial charge in [-0.25, -0.2) is 4.79 Å². The molecule has 0 saturated carbocycles. The first-order chi connectivity index (χ1) is 9.83. The third-order valence-corrected chi connectivity index (χ3v) is 3.31. The molecule has 1 heterocycles. The smallest absolute Gasteiger partial charge is 0.339 e. The van der Waals surface area contributed by atoms with Crippen LogP contribution in [0.25, 0.3) is 0 Å². The maximum Gasteiger partial charge on any atom is 0.339 e. The van der Waals surface area contributed by atoms with E-state index < -0.39 is 23.1 Å². The van der Waals surface area contributed by atoms with Crippen molar-refractivity contribution in [2.24, 2.45) is 5.41 Å². The summed E-state index contributed by atoms with van der Waals surface area (Å²) in [6, 6.07) is 0. The largest absolute Gasteiger partial charge is 0.493 e. The molecule has 0 amide bonds. The van der Waals surface area contributed by atoms with Gasteiger partial charge in [0.1, 0.15) is 17.9 Å². The lowest BCUT2D eigenvalue weighted by Crippen LogP contribution is -2.49. The van der Waals surface area contributed by atoms with Gasteiger partial charge in [0, 0.05) is 0 Å². The molecular weight excluding hydrogens is 276 g/mol. The van der Waals surface area contributed by atoms with Crippen molar-refractivity contribution in [2.75, 3.05) is 19.8 Å². The zero-order chi connectivity index (χ0) is 16.2. The second-order valence-electron chi connectivity index (χ2n) is 4.57. The predicted molar refractivity (Wildman–Crippen MR) is 74.2 cm³/mol. The van der Waals surface area contributed by atoms with Crippen molar-refractivity contribution in [2.45, 2.75) is 27.7 Å². The second kappa shape index (κ2) is 6.56. The van der Waals surface area contributed by atoms with Gasteiger partial charge < -0.3 is 14.2 Å². The number of esters is 2. The molecule has 6 nitrogen and oxygen atoms in total. The fourth-order valence-corrected chi connectivity index (χ4v) is 2.37. The molecule has 1 aliphatic rings. The Labute approximate surface area is 123 Å². The lowest BCUT2D eigenvalue weighted by Gasteiger charge is -2.36. The topological polar surface area (TPSA) is 78.9 Å². The lowest BCUT2D eigenvalue weighted by atomic mass is 9.69. The van der Waals surface area contributed by atoms with Crippen LogP contribution in [-0.4, -0.2) is 37.5 Å². The molecule has 0 aromatic heterocycles. The van der Waals surface area contributed by atoms with Crippen LogP contribution in [0.2, 0.25) is 0 Å². The van der Waals surface area contributed by atoms with Gasteiger partial charge in [-0.15, -0.1) is 0 Å². The highest BCUT2D eigenvalue weighted by Gasteiger charge is 2.56. The zero-order valence-electron chi connectivity index (χ0n) is 12.8. The fourth-order valence-electron chi connectivity index (χ4n) is 2.37. The van der Waals surface area contributed by atoms with Crippen LogP contribution in [0.5, 0.6) is 0 Å². The van der Waals surface area contributed by atoms with Gasteiger partial charge in [0.05, 0.1) is 13.2 Å². The van der Waals surface area contributed by atoms with Crippen LogP contribution >= 0.6 is 0 Å². The summed E-state index contributed by atoms with van der Waals surface area (Å²) in [4.78, 5) is 36.9. The van der Waals surface area contributed by atoms with E-state index in [4.69, 9.17) is 14.2 Å². The molecule has 1 aliphatic heterocycles. The van der Waals surface area contributed by atoms with Gasteiger partial charge in [-0.05, 0) is 33.3 Å². The normalized spacial score (nSPS) is 21.6. The summed E-state index contributed by atoms with van der Waals surface area (Å²) in [6.07, 6.45) is 0. The van der Waals surface area contributed by atoms with Gasteiger partial charge in [0.25, 0.3) is 0 Å². The van der Waals surface area contributed by atoms with Crippen molar-refractivity contribution in [3.63, 3.8) is 0 Å². The lowest BCUT2D eigenvalue weighted by molar-refractivity contribution is -0.159. The van der Waals surface area contributed by atoms with Crippen molar-refractivity contribution in [3.05, 3.63) is 23.5 Å². The molecule has 116 valence electrons. The third-order valence-electron chi connectivity index (χ3n) is 3.31. The number of rotatable bonds is 5. The van der Waals surface area contributed by atoms with E-state index in [1.807, 2.05) is 0 Å². The van der Waals surface area contributed by atoms with Crippen molar-refractivity contribution in [3.8, 4) is 0 Å².